The van der Waals surface area contributed by atoms with Gasteiger partial charge in [-0.05, 0) is 19.9 Å². The molecular formula is C11H17N5OS. The van der Waals surface area contributed by atoms with Gasteiger partial charge in [0, 0.05) is 19.3 Å². The van der Waals surface area contributed by atoms with Crippen molar-refractivity contribution in [1.82, 2.24) is 14.9 Å². The van der Waals surface area contributed by atoms with Crippen molar-refractivity contribution < 1.29 is 4.79 Å². The summed E-state index contributed by atoms with van der Waals surface area (Å²) in [5.74, 6) is 0.352. The zero-order valence-corrected chi connectivity index (χ0v) is 11.3. The summed E-state index contributed by atoms with van der Waals surface area (Å²) in [4.78, 5) is 21.8. The summed E-state index contributed by atoms with van der Waals surface area (Å²) in [6.07, 6.45) is 1.55. The SMILES string of the molecule is CCN(CC)C(=O)CNc1nccc(C(N)=S)n1. The number of nitrogens with two attached hydrogens (primary N) is 1. The van der Waals surface area contributed by atoms with Crippen LogP contribution in [-0.4, -0.2) is 45.4 Å². The van der Waals surface area contributed by atoms with Gasteiger partial charge in [0.1, 0.15) is 10.7 Å². The molecule has 0 saturated heterocycles. The van der Waals surface area contributed by atoms with E-state index in [1.54, 1.807) is 17.2 Å². The van der Waals surface area contributed by atoms with Gasteiger partial charge in [0.25, 0.3) is 0 Å². The van der Waals surface area contributed by atoms with Crippen LogP contribution >= 0.6 is 12.2 Å². The molecule has 0 aromatic carbocycles. The van der Waals surface area contributed by atoms with Crippen molar-refractivity contribution in [3.05, 3.63) is 18.0 Å². The summed E-state index contributed by atoms with van der Waals surface area (Å²) in [5, 5.41) is 2.86. The van der Waals surface area contributed by atoms with E-state index < -0.39 is 0 Å². The number of carbonyl (C=O) groups is 1. The summed E-state index contributed by atoms with van der Waals surface area (Å²) in [5.41, 5.74) is 5.95. The fraction of sp³-hybridized carbons (Fsp3) is 0.455. The number of anilines is 1. The van der Waals surface area contributed by atoms with Crippen molar-refractivity contribution in [3.8, 4) is 0 Å². The summed E-state index contributed by atoms with van der Waals surface area (Å²) >= 11 is 4.82. The molecule has 6 nitrogen and oxygen atoms in total. The minimum atomic E-state index is 0.00401. The predicted octanol–water partition coefficient (Wildman–Crippen LogP) is 0.391. The fourth-order valence-corrected chi connectivity index (χ4v) is 1.54. The first-order valence-corrected chi connectivity index (χ1v) is 6.13. The van der Waals surface area contributed by atoms with E-state index in [0.717, 1.165) is 0 Å². The lowest BCUT2D eigenvalue weighted by Gasteiger charge is -2.18. The highest BCUT2D eigenvalue weighted by Crippen LogP contribution is 2.00. The molecule has 0 aliphatic carbocycles. The van der Waals surface area contributed by atoms with Gasteiger partial charge < -0.3 is 16.0 Å². The molecule has 7 heteroatoms. The first kappa shape index (κ1) is 14.3. The molecular weight excluding hydrogens is 250 g/mol. The zero-order valence-electron chi connectivity index (χ0n) is 10.5. The van der Waals surface area contributed by atoms with Gasteiger partial charge in [-0.1, -0.05) is 12.2 Å². The van der Waals surface area contributed by atoms with E-state index in [2.05, 4.69) is 15.3 Å². The number of thiocarbonyl (C=S) groups is 1. The minimum Gasteiger partial charge on any atom is -0.388 e. The van der Waals surface area contributed by atoms with E-state index >= 15 is 0 Å². The Morgan fingerprint density at radius 2 is 2.17 bits per heavy atom. The van der Waals surface area contributed by atoms with Gasteiger partial charge >= 0.3 is 0 Å². The molecule has 0 spiro atoms. The van der Waals surface area contributed by atoms with Crippen LogP contribution in [0.3, 0.4) is 0 Å². The van der Waals surface area contributed by atoms with Gasteiger partial charge in [-0.2, -0.15) is 0 Å². The Hall–Kier alpha value is -1.76. The van der Waals surface area contributed by atoms with Crippen LogP contribution in [0.2, 0.25) is 0 Å². The first-order chi connectivity index (χ1) is 8.58. The highest BCUT2D eigenvalue weighted by atomic mass is 32.1. The second-order valence-electron chi connectivity index (χ2n) is 3.55. The maximum atomic E-state index is 11.8. The molecule has 0 aliphatic heterocycles. The Bertz CT molecular complexity index is 433. The van der Waals surface area contributed by atoms with Gasteiger partial charge in [-0.3, -0.25) is 4.79 Å². The molecule has 0 saturated carbocycles. The Morgan fingerprint density at radius 3 is 2.72 bits per heavy atom. The Balaban J connectivity index is 2.61. The van der Waals surface area contributed by atoms with Gasteiger partial charge in [-0.15, -0.1) is 0 Å². The topological polar surface area (TPSA) is 84.1 Å². The molecule has 1 amide bonds. The van der Waals surface area contributed by atoms with Crippen LogP contribution in [0, 0.1) is 0 Å². The van der Waals surface area contributed by atoms with Gasteiger partial charge in [-0.25, -0.2) is 9.97 Å². The van der Waals surface area contributed by atoms with Crippen molar-refractivity contribution in [3.63, 3.8) is 0 Å². The molecule has 18 heavy (non-hydrogen) atoms. The lowest BCUT2D eigenvalue weighted by atomic mass is 10.4. The molecule has 3 N–H and O–H groups in total. The third-order valence-corrected chi connectivity index (χ3v) is 2.63. The number of carbonyl (C=O) groups excluding carboxylic acids is 1. The van der Waals surface area contributed by atoms with Crippen molar-refractivity contribution in [2.75, 3.05) is 25.0 Å². The van der Waals surface area contributed by atoms with Gasteiger partial charge in [0.05, 0.1) is 6.54 Å². The van der Waals surface area contributed by atoms with Crippen molar-refractivity contribution in [2.45, 2.75) is 13.8 Å². The second-order valence-corrected chi connectivity index (χ2v) is 3.99. The fourth-order valence-electron chi connectivity index (χ4n) is 1.42. The predicted molar refractivity (Wildman–Crippen MR) is 74.3 cm³/mol. The maximum Gasteiger partial charge on any atom is 0.241 e. The van der Waals surface area contributed by atoms with Gasteiger partial charge in [0.2, 0.25) is 11.9 Å². The van der Waals surface area contributed by atoms with Crippen LogP contribution in [0.15, 0.2) is 12.3 Å². The number of hydrogen-bond acceptors (Lipinski definition) is 5. The van der Waals surface area contributed by atoms with Crippen molar-refractivity contribution in [2.24, 2.45) is 5.73 Å². The lowest BCUT2D eigenvalue weighted by Crippen LogP contribution is -2.35. The van der Waals surface area contributed by atoms with E-state index in [-0.39, 0.29) is 17.4 Å². The average Bonchev–Trinajstić information content (AvgIpc) is 2.38. The quantitative estimate of drug-likeness (QED) is 0.725. The molecule has 0 radical (unpaired) electrons. The third kappa shape index (κ3) is 3.92. The normalized spacial score (nSPS) is 9.89. The molecule has 1 aromatic heterocycles. The molecule has 98 valence electrons. The second kappa shape index (κ2) is 6.85. The molecule has 1 heterocycles. The number of amides is 1. The van der Waals surface area contributed by atoms with E-state index in [4.69, 9.17) is 18.0 Å². The molecule has 0 bridgehead atoms. The van der Waals surface area contributed by atoms with Crippen LogP contribution in [0.4, 0.5) is 5.95 Å². The van der Waals surface area contributed by atoms with Crippen LogP contribution in [0.1, 0.15) is 19.5 Å². The molecule has 0 unspecified atom stereocenters. The van der Waals surface area contributed by atoms with E-state index in [1.165, 1.54) is 0 Å². The number of nitrogens with zero attached hydrogens (tertiary/aromatic N) is 3. The Labute approximate surface area is 112 Å². The minimum absolute atomic E-state index is 0.00401. The zero-order chi connectivity index (χ0) is 13.5. The maximum absolute atomic E-state index is 11.8. The molecule has 0 fully saturated rings. The summed E-state index contributed by atoms with van der Waals surface area (Å²) in [6.45, 7) is 5.40. The molecule has 0 atom stereocenters. The standard InChI is InChI=1S/C11H17N5OS/c1-3-16(4-2)9(17)7-14-11-13-6-5-8(15-11)10(12)18/h5-6H,3-4,7H2,1-2H3,(H2,12,18)(H,13,14,15). The van der Waals surface area contributed by atoms with Crippen LogP contribution < -0.4 is 11.1 Å². The summed E-state index contributed by atoms with van der Waals surface area (Å²) in [7, 11) is 0. The first-order valence-electron chi connectivity index (χ1n) is 5.73. The van der Waals surface area contributed by atoms with E-state index in [1.807, 2.05) is 13.8 Å². The number of nitrogens with one attached hydrogen (secondary N) is 1. The Morgan fingerprint density at radius 1 is 1.50 bits per heavy atom. The highest BCUT2D eigenvalue weighted by Gasteiger charge is 2.09. The summed E-state index contributed by atoms with van der Waals surface area (Å²) < 4.78 is 0. The lowest BCUT2D eigenvalue weighted by molar-refractivity contribution is -0.128. The Kier molecular flexibility index (Phi) is 5.44. The van der Waals surface area contributed by atoms with Crippen LogP contribution in [-0.2, 0) is 4.79 Å². The molecule has 1 aromatic rings. The molecule has 1 rings (SSSR count). The summed E-state index contributed by atoms with van der Waals surface area (Å²) in [6, 6.07) is 1.62. The number of rotatable bonds is 6. The smallest absolute Gasteiger partial charge is 0.241 e. The average molecular weight is 267 g/mol. The number of aromatic nitrogens is 2. The molecule has 0 aliphatic rings. The highest BCUT2D eigenvalue weighted by molar-refractivity contribution is 7.80. The number of likely N-dealkylation sites (N-methyl/N-ethyl adjacent to an activating group) is 1. The van der Waals surface area contributed by atoms with Crippen molar-refractivity contribution >= 4 is 29.1 Å². The largest absolute Gasteiger partial charge is 0.388 e. The van der Waals surface area contributed by atoms with Crippen LogP contribution in [0.25, 0.3) is 0 Å². The van der Waals surface area contributed by atoms with Crippen LogP contribution in [0.5, 0.6) is 0 Å². The van der Waals surface area contributed by atoms with Gasteiger partial charge in [0.15, 0.2) is 0 Å². The monoisotopic (exact) mass is 267 g/mol. The van der Waals surface area contributed by atoms with E-state index in [0.29, 0.717) is 24.7 Å². The number of hydrogen-bond donors (Lipinski definition) is 2. The third-order valence-electron chi connectivity index (χ3n) is 2.42. The van der Waals surface area contributed by atoms with E-state index in [9.17, 15) is 4.79 Å². The van der Waals surface area contributed by atoms with Crippen molar-refractivity contribution in [1.29, 1.82) is 0 Å².